The maximum Gasteiger partial charge on any atom is 0.181 e. The summed E-state index contributed by atoms with van der Waals surface area (Å²) in [6, 6.07) is 20.6. The zero-order valence-electron chi connectivity index (χ0n) is 23.1. The molecule has 36 heavy (non-hydrogen) atoms. The van der Waals surface area contributed by atoms with Crippen LogP contribution in [0.4, 0.5) is 0 Å². The van der Waals surface area contributed by atoms with Gasteiger partial charge in [0.1, 0.15) is 0 Å². The van der Waals surface area contributed by atoms with Crippen LogP contribution in [0.1, 0.15) is 128 Å². The number of benzene rings is 2. The van der Waals surface area contributed by atoms with Crippen LogP contribution in [0.3, 0.4) is 0 Å². The summed E-state index contributed by atoms with van der Waals surface area (Å²) in [5, 5.41) is 0. The quantitative estimate of drug-likeness (QED) is 0.0749. The molecular formula is C34H50O2. The molecule has 0 saturated carbocycles. The molecule has 0 fully saturated rings. The van der Waals surface area contributed by atoms with E-state index in [0.29, 0.717) is 0 Å². The van der Waals surface area contributed by atoms with Gasteiger partial charge in [-0.25, -0.2) is 0 Å². The first-order valence-corrected chi connectivity index (χ1v) is 14.7. The van der Waals surface area contributed by atoms with E-state index in [1.807, 2.05) is 12.1 Å². The lowest BCUT2D eigenvalue weighted by Crippen LogP contribution is -1.97. The molecule has 0 saturated heterocycles. The Morgan fingerprint density at radius 2 is 0.806 bits per heavy atom. The van der Waals surface area contributed by atoms with E-state index in [2.05, 4.69) is 74.5 Å². The molecule has 2 aromatic carbocycles. The molecule has 198 valence electrons. The normalized spacial score (nSPS) is 12.1. The van der Waals surface area contributed by atoms with E-state index in [9.17, 15) is 0 Å². The molecule has 2 rings (SSSR count). The number of hydrogen-bond donors (Lipinski definition) is 0. The fraction of sp³-hybridized carbons (Fsp3) is 0.529. The smallest absolute Gasteiger partial charge is 0.181 e. The first-order chi connectivity index (χ1) is 17.8. The minimum Gasteiger partial charge on any atom is -0.290 e. The fourth-order valence-electron chi connectivity index (χ4n) is 4.36. The highest BCUT2D eigenvalue weighted by molar-refractivity contribution is 5.62. The van der Waals surface area contributed by atoms with Gasteiger partial charge in [-0.05, 0) is 37.8 Å². The van der Waals surface area contributed by atoms with Crippen molar-refractivity contribution in [3.8, 4) is 0 Å². The molecule has 0 aromatic heterocycles. The Kier molecular flexibility index (Phi) is 17.1. The highest BCUT2D eigenvalue weighted by Gasteiger charge is 2.09. The number of unbranched alkanes of at least 4 members (excludes halogenated alkanes) is 14. The van der Waals surface area contributed by atoms with Crippen LogP contribution in [-0.4, -0.2) is 0 Å². The van der Waals surface area contributed by atoms with Crippen molar-refractivity contribution in [2.45, 2.75) is 117 Å². The molecule has 0 atom stereocenters. The molecule has 0 N–H and O–H groups in total. The van der Waals surface area contributed by atoms with Gasteiger partial charge in [0, 0.05) is 11.1 Å². The van der Waals surface area contributed by atoms with Crippen LogP contribution in [0, 0.1) is 0 Å². The van der Waals surface area contributed by atoms with Gasteiger partial charge >= 0.3 is 0 Å². The van der Waals surface area contributed by atoms with Crippen molar-refractivity contribution in [2.24, 2.45) is 0 Å². The van der Waals surface area contributed by atoms with Crippen molar-refractivity contribution in [3.05, 3.63) is 83.9 Å². The molecule has 2 nitrogen and oxygen atoms in total. The average Bonchev–Trinajstić information content (AvgIpc) is 2.93. The molecule has 0 spiro atoms. The average molecular weight is 491 g/mol. The Morgan fingerprint density at radius 1 is 0.472 bits per heavy atom. The molecule has 0 amide bonds. The van der Waals surface area contributed by atoms with E-state index in [4.69, 9.17) is 9.78 Å². The summed E-state index contributed by atoms with van der Waals surface area (Å²) in [5.74, 6) is 1.61. The van der Waals surface area contributed by atoms with Gasteiger partial charge in [-0.1, -0.05) is 152 Å². The van der Waals surface area contributed by atoms with E-state index < -0.39 is 0 Å². The van der Waals surface area contributed by atoms with Gasteiger partial charge in [-0.3, -0.25) is 9.78 Å². The number of rotatable bonds is 21. The standard InChI is InChI=1S/C34H50O2/c1-3-5-7-9-11-13-15-23-29-33(31-25-19-17-20-26-31)35-36-34(32-27-21-18-22-28-32)30-24-16-14-12-10-8-6-4-2/h17-22,25-30H,3-16,23-24H2,1-2H3/b33-29+,34-30+. The maximum absolute atomic E-state index is 6.02. The van der Waals surface area contributed by atoms with Crippen molar-refractivity contribution in [3.63, 3.8) is 0 Å². The summed E-state index contributed by atoms with van der Waals surface area (Å²) in [6.07, 6.45) is 24.7. The van der Waals surface area contributed by atoms with Crippen molar-refractivity contribution >= 4 is 11.5 Å². The third kappa shape index (κ3) is 13.6. The Balaban J connectivity index is 1.93. The highest BCUT2D eigenvalue weighted by atomic mass is 17.2. The first kappa shape index (κ1) is 29.7. The van der Waals surface area contributed by atoms with Gasteiger partial charge in [0.25, 0.3) is 0 Å². The lowest BCUT2D eigenvalue weighted by Gasteiger charge is -2.13. The van der Waals surface area contributed by atoms with Crippen LogP contribution in [0.2, 0.25) is 0 Å². The molecule has 0 bridgehead atoms. The van der Waals surface area contributed by atoms with Gasteiger partial charge in [-0.15, -0.1) is 0 Å². The van der Waals surface area contributed by atoms with E-state index >= 15 is 0 Å². The lowest BCUT2D eigenvalue weighted by molar-refractivity contribution is -0.164. The molecule has 2 heteroatoms. The Hall–Kier alpha value is -2.48. The zero-order valence-corrected chi connectivity index (χ0v) is 23.1. The monoisotopic (exact) mass is 490 g/mol. The molecule has 0 aliphatic carbocycles. The third-order valence-electron chi connectivity index (χ3n) is 6.61. The van der Waals surface area contributed by atoms with Crippen LogP contribution in [0.25, 0.3) is 11.5 Å². The predicted octanol–water partition coefficient (Wildman–Crippen LogP) is 11.3. The van der Waals surface area contributed by atoms with Gasteiger partial charge < -0.3 is 0 Å². The molecular weight excluding hydrogens is 440 g/mol. The van der Waals surface area contributed by atoms with Crippen molar-refractivity contribution in [1.82, 2.24) is 0 Å². The van der Waals surface area contributed by atoms with Crippen molar-refractivity contribution in [2.75, 3.05) is 0 Å². The second kappa shape index (κ2) is 20.7. The first-order valence-electron chi connectivity index (χ1n) is 14.7. The minimum absolute atomic E-state index is 0.805. The van der Waals surface area contributed by atoms with Crippen LogP contribution in [0.5, 0.6) is 0 Å². The topological polar surface area (TPSA) is 18.5 Å². The van der Waals surface area contributed by atoms with Crippen LogP contribution in [-0.2, 0) is 9.78 Å². The SMILES string of the molecule is CCCCCCCCC/C=C(/OO/C(=C/CCCCCCCCC)c1ccccc1)c1ccccc1. The van der Waals surface area contributed by atoms with Gasteiger partial charge in [0.15, 0.2) is 11.5 Å². The van der Waals surface area contributed by atoms with E-state index in [1.165, 1.54) is 89.9 Å². The highest BCUT2D eigenvalue weighted by Crippen LogP contribution is 2.24. The largest absolute Gasteiger partial charge is 0.290 e. The lowest BCUT2D eigenvalue weighted by atomic mass is 10.1. The summed E-state index contributed by atoms with van der Waals surface area (Å²) in [4.78, 5) is 12.0. The zero-order chi connectivity index (χ0) is 25.5. The van der Waals surface area contributed by atoms with E-state index in [0.717, 1.165) is 35.5 Å². The second-order valence-electron chi connectivity index (χ2n) is 9.86. The van der Waals surface area contributed by atoms with Crippen LogP contribution < -0.4 is 0 Å². The molecule has 0 heterocycles. The Bertz CT molecular complexity index is 751. The van der Waals surface area contributed by atoms with E-state index in [-0.39, 0.29) is 0 Å². The predicted molar refractivity (Wildman–Crippen MR) is 156 cm³/mol. The summed E-state index contributed by atoms with van der Waals surface area (Å²) >= 11 is 0. The second-order valence-corrected chi connectivity index (χ2v) is 9.86. The van der Waals surface area contributed by atoms with Crippen molar-refractivity contribution in [1.29, 1.82) is 0 Å². The number of hydrogen-bond acceptors (Lipinski definition) is 2. The summed E-state index contributed by atoms with van der Waals surface area (Å²) in [7, 11) is 0. The van der Waals surface area contributed by atoms with Gasteiger partial charge in [0.2, 0.25) is 0 Å². The van der Waals surface area contributed by atoms with Gasteiger partial charge in [0.05, 0.1) is 0 Å². The Morgan fingerprint density at radius 3 is 1.17 bits per heavy atom. The Labute approximate surface area is 221 Å². The molecule has 0 unspecified atom stereocenters. The number of allylic oxidation sites excluding steroid dienone is 2. The molecule has 2 aromatic rings. The summed E-state index contributed by atoms with van der Waals surface area (Å²) in [6.45, 7) is 4.54. The summed E-state index contributed by atoms with van der Waals surface area (Å²) < 4.78 is 0. The van der Waals surface area contributed by atoms with E-state index in [1.54, 1.807) is 0 Å². The molecule has 0 aliphatic heterocycles. The molecule has 0 aliphatic rings. The van der Waals surface area contributed by atoms with Crippen molar-refractivity contribution < 1.29 is 9.78 Å². The van der Waals surface area contributed by atoms with Crippen LogP contribution >= 0.6 is 0 Å². The summed E-state index contributed by atoms with van der Waals surface area (Å²) in [5.41, 5.74) is 2.11. The third-order valence-corrected chi connectivity index (χ3v) is 6.61. The van der Waals surface area contributed by atoms with Crippen LogP contribution in [0.15, 0.2) is 72.8 Å². The molecule has 0 radical (unpaired) electrons. The maximum atomic E-state index is 6.02. The van der Waals surface area contributed by atoms with Gasteiger partial charge in [-0.2, -0.15) is 0 Å². The minimum atomic E-state index is 0.805. The fourth-order valence-corrected chi connectivity index (χ4v) is 4.36.